The van der Waals surface area contributed by atoms with Crippen LogP contribution < -0.4 is 4.74 Å². The number of esters is 1. The number of tetrazole rings is 1. The molecule has 0 spiro atoms. The average molecular weight is 386 g/mol. The number of benzene rings is 1. The maximum absolute atomic E-state index is 11.7. The molecule has 0 saturated carbocycles. The topological polar surface area (TPSA) is 79.1 Å². The SMILES string of the molecule is COc1ccccc1-n1nnnc1SCC#CCOC(=O)c1cccs1. The van der Waals surface area contributed by atoms with E-state index in [0.717, 1.165) is 5.69 Å². The molecule has 7 nitrogen and oxygen atoms in total. The number of aromatic nitrogens is 4. The van der Waals surface area contributed by atoms with E-state index in [1.807, 2.05) is 29.6 Å². The monoisotopic (exact) mass is 386 g/mol. The first-order valence-electron chi connectivity index (χ1n) is 7.50. The van der Waals surface area contributed by atoms with E-state index in [9.17, 15) is 4.79 Å². The lowest BCUT2D eigenvalue weighted by Gasteiger charge is -2.08. The lowest BCUT2D eigenvalue weighted by Crippen LogP contribution is -2.03. The van der Waals surface area contributed by atoms with Gasteiger partial charge in [-0.2, -0.15) is 4.68 Å². The highest BCUT2D eigenvalue weighted by molar-refractivity contribution is 7.99. The number of para-hydroxylation sites is 2. The van der Waals surface area contributed by atoms with Crippen LogP contribution in [0, 0.1) is 11.8 Å². The van der Waals surface area contributed by atoms with Gasteiger partial charge in [0.05, 0.1) is 12.9 Å². The first kappa shape index (κ1) is 18.0. The molecule has 0 aliphatic rings. The Hall–Kier alpha value is -2.83. The zero-order valence-corrected chi connectivity index (χ0v) is 15.4. The van der Waals surface area contributed by atoms with E-state index >= 15 is 0 Å². The van der Waals surface area contributed by atoms with Crippen molar-refractivity contribution in [3.05, 3.63) is 46.7 Å². The largest absolute Gasteiger partial charge is 0.494 e. The summed E-state index contributed by atoms with van der Waals surface area (Å²) in [6, 6.07) is 11.0. The smallest absolute Gasteiger partial charge is 0.349 e. The van der Waals surface area contributed by atoms with Crippen molar-refractivity contribution in [2.45, 2.75) is 5.16 Å². The lowest BCUT2D eigenvalue weighted by molar-refractivity contribution is 0.0562. The highest BCUT2D eigenvalue weighted by Crippen LogP contribution is 2.25. The number of carbonyl (C=O) groups excluding carboxylic acids is 1. The maximum Gasteiger partial charge on any atom is 0.349 e. The molecule has 2 heterocycles. The standard InChI is InChI=1S/C17H14N4O3S2/c1-23-14-8-3-2-7-13(14)21-17(18-19-20-21)26-11-5-4-10-24-16(22)15-9-6-12-25-15/h2-3,6-9,12H,10-11H2,1H3. The van der Waals surface area contributed by atoms with Crippen LogP contribution in [0.3, 0.4) is 0 Å². The van der Waals surface area contributed by atoms with Crippen molar-refractivity contribution in [1.29, 1.82) is 0 Å². The predicted octanol–water partition coefficient (Wildman–Crippen LogP) is 2.68. The zero-order valence-electron chi connectivity index (χ0n) is 13.8. The van der Waals surface area contributed by atoms with E-state index in [1.54, 1.807) is 23.9 Å². The fourth-order valence-electron chi connectivity index (χ4n) is 2.00. The molecule has 26 heavy (non-hydrogen) atoms. The third-order valence-corrected chi connectivity index (χ3v) is 4.80. The molecule has 2 aromatic heterocycles. The van der Waals surface area contributed by atoms with Gasteiger partial charge in [0.25, 0.3) is 0 Å². The molecule has 0 fully saturated rings. The summed E-state index contributed by atoms with van der Waals surface area (Å²) in [6.45, 7) is 0.0503. The molecule has 1 aromatic carbocycles. The number of methoxy groups -OCH3 is 1. The molecular weight excluding hydrogens is 372 g/mol. The highest BCUT2D eigenvalue weighted by Gasteiger charge is 2.12. The second-order valence-corrected chi connectivity index (χ2v) is 6.63. The van der Waals surface area contributed by atoms with Crippen LogP contribution in [0.1, 0.15) is 9.67 Å². The predicted molar refractivity (Wildman–Crippen MR) is 98.8 cm³/mol. The number of nitrogens with zero attached hydrogens (tertiary/aromatic N) is 4. The summed E-state index contributed by atoms with van der Waals surface area (Å²) in [5.74, 6) is 6.52. The zero-order chi connectivity index (χ0) is 18.2. The van der Waals surface area contributed by atoms with E-state index in [4.69, 9.17) is 9.47 Å². The molecule has 0 radical (unpaired) electrons. The first-order valence-corrected chi connectivity index (χ1v) is 9.37. The Kier molecular flexibility index (Phi) is 6.24. The minimum atomic E-state index is -0.359. The van der Waals surface area contributed by atoms with Gasteiger partial charge < -0.3 is 9.47 Å². The number of ether oxygens (including phenoxy) is 2. The maximum atomic E-state index is 11.7. The second kappa shape index (κ2) is 9.03. The Morgan fingerprint density at radius 2 is 2.15 bits per heavy atom. The van der Waals surface area contributed by atoms with Crippen molar-refractivity contribution in [3.63, 3.8) is 0 Å². The fourth-order valence-corrected chi connectivity index (χ4v) is 3.27. The summed E-state index contributed by atoms with van der Waals surface area (Å²) in [5.41, 5.74) is 0.750. The van der Waals surface area contributed by atoms with Crippen molar-refractivity contribution in [2.75, 3.05) is 19.5 Å². The molecule has 132 valence electrons. The molecule has 0 aliphatic heterocycles. The molecule has 0 atom stereocenters. The minimum Gasteiger partial charge on any atom is -0.494 e. The van der Waals surface area contributed by atoms with Crippen LogP contribution in [0.15, 0.2) is 46.9 Å². The van der Waals surface area contributed by atoms with Crippen molar-refractivity contribution in [3.8, 4) is 23.3 Å². The van der Waals surface area contributed by atoms with E-state index in [-0.39, 0.29) is 12.6 Å². The Bertz CT molecular complexity index is 929. The molecule has 0 unspecified atom stereocenters. The van der Waals surface area contributed by atoms with Crippen LogP contribution in [0.4, 0.5) is 0 Å². The average Bonchev–Trinajstić information content (AvgIpc) is 3.36. The van der Waals surface area contributed by atoms with Crippen LogP contribution >= 0.6 is 23.1 Å². The second-order valence-electron chi connectivity index (χ2n) is 4.74. The number of thiophene rings is 1. The van der Waals surface area contributed by atoms with Gasteiger partial charge in [-0.3, -0.25) is 0 Å². The summed E-state index contributed by atoms with van der Waals surface area (Å²) < 4.78 is 12.0. The number of rotatable bonds is 6. The molecule has 0 aliphatic carbocycles. The Balaban J connectivity index is 1.54. The summed E-state index contributed by atoms with van der Waals surface area (Å²) in [6.07, 6.45) is 0. The molecule has 0 saturated heterocycles. The molecule has 0 N–H and O–H groups in total. The van der Waals surface area contributed by atoms with Gasteiger partial charge >= 0.3 is 5.97 Å². The minimum absolute atomic E-state index is 0.0503. The molecule has 3 aromatic rings. The quantitative estimate of drug-likeness (QED) is 0.366. The van der Waals surface area contributed by atoms with Crippen molar-refractivity contribution in [1.82, 2.24) is 20.2 Å². The number of thioether (sulfide) groups is 1. The number of carbonyl (C=O) groups is 1. The molecule has 9 heteroatoms. The van der Waals surface area contributed by atoms with Gasteiger partial charge in [0.2, 0.25) is 5.16 Å². The van der Waals surface area contributed by atoms with Crippen molar-refractivity contribution in [2.24, 2.45) is 0 Å². The van der Waals surface area contributed by atoms with Gasteiger partial charge in [-0.25, -0.2) is 4.79 Å². The Morgan fingerprint density at radius 3 is 2.96 bits per heavy atom. The van der Waals surface area contributed by atoms with Gasteiger partial charge in [0.1, 0.15) is 16.3 Å². The molecule has 0 amide bonds. The first-order chi connectivity index (χ1) is 12.8. The molecule has 0 bridgehead atoms. The normalized spacial score (nSPS) is 10.0. The number of hydrogen-bond acceptors (Lipinski definition) is 8. The van der Waals surface area contributed by atoms with E-state index in [2.05, 4.69) is 27.4 Å². The lowest BCUT2D eigenvalue weighted by atomic mass is 10.3. The fraction of sp³-hybridized carbons (Fsp3) is 0.176. The highest BCUT2D eigenvalue weighted by atomic mass is 32.2. The third kappa shape index (κ3) is 4.41. The van der Waals surface area contributed by atoms with Crippen LogP contribution in [-0.4, -0.2) is 45.6 Å². The molecular formula is C17H14N4O3S2. The summed E-state index contributed by atoms with van der Waals surface area (Å²) >= 11 is 2.72. The molecule has 3 rings (SSSR count). The van der Waals surface area contributed by atoms with Crippen LogP contribution in [-0.2, 0) is 4.74 Å². The Labute approximate surface area is 158 Å². The van der Waals surface area contributed by atoms with Crippen molar-refractivity contribution < 1.29 is 14.3 Å². The van der Waals surface area contributed by atoms with E-state index in [0.29, 0.717) is 21.5 Å². The van der Waals surface area contributed by atoms with Gasteiger partial charge in [0, 0.05) is 0 Å². The van der Waals surface area contributed by atoms with Crippen LogP contribution in [0.5, 0.6) is 5.75 Å². The van der Waals surface area contributed by atoms with Crippen LogP contribution in [0.25, 0.3) is 5.69 Å². The van der Waals surface area contributed by atoms with Gasteiger partial charge in [0.15, 0.2) is 6.61 Å². The van der Waals surface area contributed by atoms with Gasteiger partial charge in [-0.05, 0) is 34.0 Å². The van der Waals surface area contributed by atoms with E-state index < -0.39 is 0 Å². The Morgan fingerprint density at radius 1 is 1.27 bits per heavy atom. The summed E-state index contributed by atoms with van der Waals surface area (Å²) in [5, 5.41) is 14.1. The van der Waals surface area contributed by atoms with Crippen molar-refractivity contribution >= 4 is 29.1 Å². The van der Waals surface area contributed by atoms with Gasteiger partial charge in [-0.1, -0.05) is 41.8 Å². The van der Waals surface area contributed by atoms with E-state index in [1.165, 1.54) is 23.1 Å². The van der Waals surface area contributed by atoms with Crippen LogP contribution in [0.2, 0.25) is 0 Å². The van der Waals surface area contributed by atoms with Gasteiger partial charge in [-0.15, -0.1) is 16.4 Å². The third-order valence-electron chi connectivity index (χ3n) is 3.15. The summed E-state index contributed by atoms with van der Waals surface area (Å²) in [7, 11) is 1.60. The number of hydrogen-bond donors (Lipinski definition) is 0. The summed E-state index contributed by atoms with van der Waals surface area (Å²) in [4.78, 5) is 12.2.